The molecule has 0 radical (unpaired) electrons. The molecular formula is C12H13BrClFN2O. The summed E-state index contributed by atoms with van der Waals surface area (Å²) < 4.78 is 18.4. The highest BCUT2D eigenvalue weighted by atomic mass is 79.9. The molecule has 0 bridgehead atoms. The third kappa shape index (κ3) is 4.08. The molecule has 0 amide bonds. The normalized spacial score (nSPS) is 10.2. The van der Waals surface area contributed by atoms with E-state index in [2.05, 4.69) is 26.4 Å². The minimum absolute atomic E-state index is 0. The SMILES string of the molecule is Cc1cc(CNCc2ccc(F)c(Br)c2)no1.Cl. The van der Waals surface area contributed by atoms with Crippen molar-refractivity contribution >= 4 is 28.3 Å². The Morgan fingerprint density at radius 2 is 2.11 bits per heavy atom. The lowest BCUT2D eigenvalue weighted by molar-refractivity contribution is 0.388. The van der Waals surface area contributed by atoms with Gasteiger partial charge in [0.2, 0.25) is 0 Å². The third-order valence-electron chi connectivity index (χ3n) is 2.30. The van der Waals surface area contributed by atoms with Crippen LogP contribution in [0.25, 0.3) is 0 Å². The number of rotatable bonds is 4. The van der Waals surface area contributed by atoms with E-state index in [1.165, 1.54) is 6.07 Å². The first-order chi connectivity index (χ1) is 8.15. The van der Waals surface area contributed by atoms with Crippen LogP contribution in [0.1, 0.15) is 17.0 Å². The van der Waals surface area contributed by atoms with Gasteiger partial charge in [-0.25, -0.2) is 4.39 Å². The van der Waals surface area contributed by atoms with Gasteiger partial charge in [-0.3, -0.25) is 0 Å². The van der Waals surface area contributed by atoms with E-state index in [1.54, 1.807) is 12.1 Å². The maximum Gasteiger partial charge on any atom is 0.137 e. The van der Waals surface area contributed by atoms with Gasteiger partial charge >= 0.3 is 0 Å². The van der Waals surface area contributed by atoms with E-state index in [0.717, 1.165) is 17.0 Å². The van der Waals surface area contributed by atoms with Crippen molar-refractivity contribution in [2.75, 3.05) is 0 Å². The number of aryl methyl sites for hydroxylation is 1. The van der Waals surface area contributed by atoms with Gasteiger partial charge in [-0.2, -0.15) is 0 Å². The largest absolute Gasteiger partial charge is 0.361 e. The van der Waals surface area contributed by atoms with Crippen LogP contribution < -0.4 is 5.32 Å². The fourth-order valence-electron chi connectivity index (χ4n) is 1.49. The van der Waals surface area contributed by atoms with Crippen molar-refractivity contribution in [3.05, 3.63) is 51.6 Å². The number of nitrogens with zero attached hydrogens (tertiary/aromatic N) is 1. The smallest absolute Gasteiger partial charge is 0.137 e. The van der Waals surface area contributed by atoms with E-state index in [-0.39, 0.29) is 18.2 Å². The molecule has 1 aromatic heterocycles. The summed E-state index contributed by atoms with van der Waals surface area (Å²) in [5.41, 5.74) is 1.88. The molecule has 0 atom stereocenters. The van der Waals surface area contributed by atoms with Crippen molar-refractivity contribution in [1.82, 2.24) is 10.5 Å². The average molecular weight is 336 g/mol. The Hall–Kier alpha value is -0.910. The highest BCUT2D eigenvalue weighted by Crippen LogP contribution is 2.16. The lowest BCUT2D eigenvalue weighted by atomic mass is 10.2. The summed E-state index contributed by atoms with van der Waals surface area (Å²) in [5, 5.41) is 7.08. The molecule has 2 rings (SSSR count). The molecule has 0 spiro atoms. The Morgan fingerprint density at radius 3 is 2.72 bits per heavy atom. The highest BCUT2D eigenvalue weighted by molar-refractivity contribution is 9.10. The van der Waals surface area contributed by atoms with Crippen molar-refractivity contribution < 1.29 is 8.91 Å². The Labute approximate surface area is 119 Å². The maximum atomic E-state index is 13.0. The first-order valence-corrected chi connectivity index (χ1v) is 6.01. The van der Waals surface area contributed by atoms with Crippen LogP contribution in [-0.2, 0) is 13.1 Å². The molecule has 0 saturated carbocycles. The Bertz CT molecular complexity index is 519. The first-order valence-electron chi connectivity index (χ1n) is 5.22. The number of benzene rings is 1. The highest BCUT2D eigenvalue weighted by Gasteiger charge is 2.02. The second kappa shape index (κ2) is 6.87. The molecule has 1 N–H and O–H groups in total. The molecule has 0 saturated heterocycles. The second-order valence-corrected chi connectivity index (χ2v) is 4.64. The van der Waals surface area contributed by atoms with Crippen LogP contribution in [0.15, 0.2) is 33.3 Å². The number of hydrogen-bond acceptors (Lipinski definition) is 3. The van der Waals surface area contributed by atoms with Crippen molar-refractivity contribution in [2.45, 2.75) is 20.0 Å². The molecule has 6 heteroatoms. The summed E-state index contributed by atoms with van der Waals surface area (Å²) in [7, 11) is 0. The summed E-state index contributed by atoms with van der Waals surface area (Å²) in [6, 6.07) is 6.84. The molecule has 0 aliphatic rings. The van der Waals surface area contributed by atoms with Crippen molar-refractivity contribution in [1.29, 1.82) is 0 Å². The Morgan fingerprint density at radius 1 is 1.33 bits per heavy atom. The molecule has 0 aliphatic carbocycles. The molecule has 0 fully saturated rings. The van der Waals surface area contributed by atoms with Crippen LogP contribution in [0, 0.1) is 12.7 Å². The van der Waals surface area contributed by atoms with Crippen LogP contribution >= 0.6 is 28.3 Å². The van der Waals surface area contributed by atoms with Gasteiger partial charge in [-0.05, 0) is 40.5 Å². The zero-order valence-electron chi connectivity index (χ0n) is 9.74. The van der Waals surface area contributed by atoms with Gasteiger partial charge < -0.3 is 9.84 Å². The van der Waals surface area contributed by atoms with Crippen LogP contribution in [-0.4, -0.2) is 5.16 Å². The Kier molecular flexibility index (Phi) is 5.78. The van der Waals surface area contributed by atoms with Gasteiger partial charge in [0.05, 0.1) is 10.2 Å². The molecule has 1 heterocycles. The summed E-state index contributed by atoms with van der Waals surface area (Å²) in [4.78, 5) is 0. The number of hydrogen-bond donors (Lipinski definition) is 1. The zero-order valence-corrected chi connectivity index (χ0v) is 12.1. The molecule has 3 nitrogen and oxygen atoms in total. The van der Waals surface area contributed by atoms with E-state index in [0.29, 0.717) is 17.6 Å². The number of halogens is 3. The Balaban J connectivity index is 0.00000162. The molecule has 18 heavy (non-hydrogen) atoms. The molecule has 98 valence electrons. The van der Waals surface area contributed by atoms with Crippen molar-refractivity contribution in [3.63, 3.8) is 0 Å². The van der Waals surface area contributed by atoms with Gasteiger partial charge in [0.25, 0.3) is 0 Å². The fourth-order valence-corrected chi connectivity index (χ4v) is 1.91. The lowest BCUT2D eigenvalue weighted by Crippen LogP contribution is -2.12. The van der Waals surface area contributed by atoms with Crippen LogP contribution in [0.2, 0.25) is 0 Å². The molecule has 0 aliphatic heterocycles. The maximum absolute atomic E-state index is 13.0. The number of nitrogens with one attached hydrogen (secondary N) is 1. The fraction of sp³-hybridized carbons (Fsp3) is 0.250. The summed E-state index contributed by atoms with van der Waals surface area (Å²) in [6.07, 6.45) is 0. The predicted molar refractivity (Wildman–Crippen MR) is 73.1 cm³/mol. The van der Waals surface area contributed by atoms with E-state index in [9.17, 15) is 4.39 Å². The average Bonchev–Trinajstić information content (AvgIpc) is 2.70. The van der Waals surface area contributed by atoms with Gasteiger partial charge in [-0.1, -0.05) is 11.2 Å². The van der Waals surface area contributed by atoms with Crippen LogP contribution in [0.5, 0.6) is 0 Å². The van der Waals surface area contributed by atoms with E-state index >= 15 is 0 Å². The van der Waals surface area contributed by atoms with E-state index < -0.39 is 0 Å². The van der Waals surface area contributed by atoms with Crippen LogP contribution in [0.3, 0.4) is 0 Å². The van der Waals surface area contributed by atoms with Gasteiger partial charge in [0.1, 0.15) is 11.6 Å². The molecule has 2 aromatic rings. The standard InChI is InChI=1S/C12H12BrFN2O.ClH/c1-8-4-10(16-17-8)7-15-6-9-2-3-12(14)11(13)5-9;/h2-5,15H,6-7H2,1H3;1H. The molecule has 1 aromatic carbocycles. The molecular weight excluding hydrogens is 322 g/mol. The van der Waals surface area contributed by atoms with Crippen molar-refractivity contribution in [3.8, 4) is 0 Å². The van der Waals surface area contributed by atoms with E-state index in [4.69, 9.17) is 4.52 Å². The summed E-state index contributed by atoms with van der Waals surface area (Å²) >= 11 is 3.16. The van der Waals surface area contributed by atoms with Gasteiger partial charge in [0.15, 0.2) is 0 Å². The van der Waals surface area contributed by atoms with E-state index in [1.807, 2.05) is 13.0 Å². The van der Waals surface area contributed by atoms with Gasteiger partial charge in [0, 0.05) is 19.2 Å². The zero-order chi connectivity index (χ0) is 12.3. The minimum Gasteiger partial charge on any atom is -0.361 e. The summed E-state index contributed by atoms with van der Waals surface area (Å²) in [5.74, 6) is 0.548. The predicted octanol–water partition coefficient (Wildman–Crippen LogP) is 3.60. The quantitative estimate of drug-likeness (QED) is 0.928. The topological polar surface area (TPSA) is 38.1 Å². The first kappa shape index (κ1) is 15.1. The molecule has 0 unspecified atom stereocenters. The third-order valence-corrected chi connectivity index (χ3v) is 2.90. The van der Waals surface area contributed by atoms with Crippen LogP contribution in [0.4, 0.5) is 4.39 Å². The summed E-state index contributed by atoms with van der Waals surface area (Å²) in [6.45, 7) is 3.14. The number of aromatic nitrogens is 1. The monoisotopic (exact) mass is 334 g/mol. The van der Waals surface area contributed by atoms with Gasteiger partial charge in [-0.15, -0.1) is 12.4 Å². The van der Waals surface area contributed by atoms with Crippen molar-refractivity contribution in [2.24, 2.45) is 0 Å². The minimum atomic E-state index is -0.249. The second-order valence-electron chi connectivity index (χ2n) is 3.78. The lowest BCUT2D eigenvalue weighted by Gasteiger charge is -2.03.